The molecule has 0 fully saturated rings. The van der Waals surface area contributed by atoms with Crippen molar-refractivity contribution in [2.45, 2.75) is 12.3 Å². The summed E-state index contributed by atoms with van der Waals surface area (Å²) in [6, 6.07) is 68.4. The van der Waals surface area contributed by atoms with E-state index in [2.05, 4.69) is 209 Å². The molecular weight excluding hydrogens is 693 g/mol. The number of hydrogen-bond donors (Lipinski definition) is 0. The standard InChI is InChI=1S/C54H36N2O/c1-3-14-41(15-4-1)55-49-20-9-7-18-43(49)45-31-37(22-26-51(45)55)35-12-11-13-36(30-35)39-24-28-53-47(33-39)48-34-40(25-29-54(48)57-53)38-23-27-52-46(32-38)44-19-8-10-21-50(44)56(52)42-16-5-2-6-17-42/h1-32,34,39H,33H2. The van der Waals surface area contributed by atoms with Gasteiger partial charge in [0.2, 0.25) is 0 Å². The first-order valence-corrected chi connectivity index (χ1v) is 19.8. The number of rotatable bonds is 5. The van der Waals surface area contributed by atoms with E-state index in [1.807, 2.05) is 0 Å². The van der Waals surface area contributed by atoms with Gasteiger partial charge in [-0.15, -0.1) is 0 Å². The Balaban J connectivity index is 0.895. The first-order chi connectivity index (χ1) is 28.2. The second-order valence-corrected chi connectivity index (χ2v) is 15.3. The molecule has 3 nitrogen and oxygen atoms in total. The van der Waals surface area contributed by atoms with Crippen molar-refractivity contribution in [1.82, 2.24) is 9.13 Å². The highest BCUT2D eigenvalue weighted by Gasteiger charge is 2.23. The van der Waals surface area contributed by atoms with Crippen LogP contribution in [0.5, 0.6) is 0 Å². The van der Waals surface area contributed by atoms with Crippen molar-refractivity contribution in [3.8, 4) is 33.6 Å². The lowest BCUT2D eigenvalue weighted by molar-refractivity contribution is 0.592. The van der Waals surface area contributed by atoms with Crippen LogP contribution in [-0.4, -0.2) is 9.13 Å². The predicted octanol–water partition coefficient (Wildman–Crippen LogP) is 14.3. The Bertz CT molecular complexity index is 3380. The predicted molar refractivity (Wildman–Crippen MR) is 238 cm³/mol. The molecule has 3 heteroatoms. The monoisotopic (exact) mass is 728 g/mol. The van der Waals surface area contributed by atoms with Crippen molar-refractivity contribution < 1.29 is 4.42 Å². The van der Waals surface area contributed by atoms with Crippen LogP contribution in [0.2, 0.25) is 0 Å². The Morgan fingerprint density at radius 1 is 0.404 bits per heavy atom. The van der Waals surface area contributed by atoms with E-state index in [0.717, 1.165) is 17.8 Å². The van der Waals surface area contributed by atoms with Crippen LogP contribution < -0.4 is 0 Å². The van der Waals surface area contributed by atoms with Gasteiger partial charge in [-0.25, -0.2) is 0 Å². The van der Waals surface area contributed by atoms with E-state index in [1.165, 1.54) is 93.8 Å². The molecule has 0 radical (unpaired) electrons. The quantitative estimate of drug-likeness (QED) is 0.173. The number of fused-ring (bicyclic) bond motifs is 9. The van der Waals surface area contributed by atoms with E-state index in [0.29, 0.717) is 0 Å². The number of nitrogens with zero attached hydrogens (tertiary/aromatic N) is 2. The molecule has 0 N–H and O–H groups in total. The second kappa shape index (κ2) is 12.6. The lowest BCUT2D eigenvalue weighted by atomic mass is 9.85. The molecule has 1 atom stereocenters. The van der Waals surface area contributed by atoms with E-state index in [-0.39, 0.29) is 5.92 Å². The van der Waals surface area contributed by atoms with Crippen LogP contribution in [0, 0.1) is 0 Å². The van der Waals surface area contributed by atoms with Gasteiger partial charge in [0, 0.05) is 49.8 Å². The van der Waals surface area contributed by atoms with Gasteiger partial charge in [-0.1, -0.05) is 121 Å². The lowest BCUT2D eigenvalue weighted by Crippen LogP contribution is -2.04. The molecule has 1 unspecified atom stereocenters. The molecule has 3 heterocycles. The van der Waals surface area contributed by atoms with Crippen LogP contribution >= 0.6 is 0 Å². The molecule has 0 bridgehead atoms. The van der Waals surface area contributed by atoms with E-state index < -0.39 is 0 Å². The summed E-state index contributed by atoms with van der Waals surface area (Å²) in [5.41, 5.74) is 15.6. The first kappa shape index (κ1) is 31.9. The fourth-order valence-electron chi connectivity index (χ4n) is 9.38. The zero-order valence-electron chi connectivity index (χ0n) is 31.1. The van der Waals surface area contributed by atoms with Gasteiger partial charge in [-0.2, -0.15) is 0 Å². The third-order valence-corrected chi connectivity index (χ3v) is 12.1. The number of para-hydroxylation sites is 4. The van der Waals surface area contributed by atoms with E-state index >= 15 is 0 Å². The van der Waals surface area contributed by atoms with Crippen molar-refractivity contribution in [1.29, 1.82) is 0 Å². The van der Waals surface area contributed by atoms with Gasteiger partial charge >= 0.3 is 0 Å². The Morgan fingerprint density at radius 2 is 0.912 bits per heavy atom. The molecule has 0 saturated heterocycles. The normalized spacial score (nSPS) is 14.0. The largest absolute Gasteiger partial charge is 0.456 e. The van der Waals surface area contributed by atoms with E-state index in [4.69, 9.17) is 4.42 Å². The van der Waals surface area contributed by atoms with Crippen LogP contribution in [0.15, 0.2) is 199 Å². The molecule has 0 amide bonds. The Hall–Kier alpha value is -7.36. The summed E-state index contributed by atoms with van der Waals surface area (Å²) >= 11 is 0. The summed E-state index contributed by atoms with van der Waals surface area (Å²) in [5, 5.41) is 6.24. The topological polar surface area (TPSA) is 23.0 Å². The highest BCUT2D eigenvalue weighted by molar-refractivity contribution is 6.11. The van der Waals surface area contributed by atoms with Crippen LogP contribution in [-0.2, 0) is 6.42 Å². The Kier molecular flexibility index (Phi) is 7.05. The van der Waals surface area contributed by atoms with Crippen molar-refractivity contribution >= 4 is 60.7 Å². The molecule has 57 heavy (non-hydrogen) atoms. The molecular formula is C54H36N2O. The molecule has 0 aliphatic heterocycles. The SMILES string of the molecule is C1=CC(c2cccc(-c3ccc4c(c3)c3ccccc3n4-c3ccccc3)c2)Cc2c1oc1ccc(-c3ccc4c(c3)c3ccccc3n4-c3ccccc3)cc21. The maximum Gasteiger partial charge on any atom is 0.135 e. The number of hydrogen-bond acceptors (Lipinski definition) is 1. The summed E-state index contributed by atoms with van der Waals surface area (Å²) in [7, 11) is 0. The molecule has 1 aliphatic carbocycles. The first-order valence-electron chi connectivity index (χ1n) is 19.8. The molecule has 3 aromatic heterocycles. The van der Waals surface area contributed by atoms with Gasteiger partial charge in [-0.3, -0.25) is 0 Å². The van der Waals surface area contributed by atoms with Crippen LogP contribution in [0.3, 0.4) is 0 Å². The van der Waals surface area contributed by atoms with Gasteiger partial charge < -0.3 is 13.6 Å². The fraction of sp³-hybridized carbons (Fsp3) is 0.0370. The molecule has 12 rings (SSSR count). The zero-order valence-corrected chi connectivity index (χ0v) is 31.1. The van der Waals surface area contributed by atoms with E-state index in [9.17, 15) is 0 Å². The van der Waals surface area contributed by atoms with Crippen molar-refractivity contribution in [3.63, 3.8) is 0 Å². The number of benzene rings is 8. The highest BCUT2D eigenvalue weighted by atomic mass is 16.3. The Labute approximate surface area is 330 Å². The van der Waals surface area contributed by atoms with Gasteiger partial charge in [0.05, 0.1) is 22.1 Å². The highest BCUT2D eigenvalue weighted by Crippen LogP contribution is 2.41. The molecule has 8 aromatic carbocycles. The number of furan rings is 1. The third kappa shape index (κ3) is 5.06. The van der Waals surface area contributed by atoms with Crippen LogP contribution in [0.4, 0.5) is 0 Å². The minimum Gasteiger partial charge on any atom is -0.456 e. The minimum atomic E-state index is 0.242. The molecule has 0 saturated carbocycles. The third-order valence-electron chi connectivity index (χ3n) is 12.1. The smallest absolute Gasteiger partial charge is 0.135 e. The van der Waals surface area contributed by atoms with Gasteiger partial charge in [0.1, 0.15) is 11.3 Å². The lowest BCUT2D eigenvalue weighted by Gasteiger charge is -2.18. The van der Waals surface area contributed by atoms with E-state index in [1.54, 1.807) is 0 Å². The van der Waals surface area contributed by atoms with Crippen molar-refractivity contribution in [2.75, 3.05) is 0 Å². The molecule has 11 aromatic rings. The van der Waals surface area contributed by atoms with Crippen molar-refractivity contribution in [2.24, 2.45) is 0 Å². The zero-order chi connectivity index (χ0) is 37.5. The number of aromatic nitrogens is 2. The molecule has 268 valence electrons. The summed E-state index contributed by atoms with van der Waals surface area (Å²) < 4.78 is 11.2. The van der Waals surface area contributed by atoms with Crippen LogP contribution in [0.1, 0.15) is 22.8 Å². The summed E-state index contributed by atoms with van der Waals surface area (Å²) in [4.78, 5) is 0. The van der Waals surface area contributed by atoms with Crippen LogP contribution in [0.25, 0.3) is 94.3 Å². The second-order valence-electron chi connectivity index (χ2n) is 15.3. The molecule has 1 aliphatic rings. The maximum atomic E-state index is 6.46. The number of allylic oxidation sites excluding steroid dienone is 1. The summed E-state index contributed by atoms with van der Waals surface area (Å²) in [6.07, 6.45) is 5.39. The summed E-state index contributed by atoms with van der Waals surface area (Å²) in [6.45, 7) is 0. The van der Waals surface area contributed by atoms with Crippen molar-refractivity contribution in [3.05, 3.63) is 211 Å². The maximum absolute atomic E-state index is 6.46. The Morgan fingerprint density at radius 3 is 1.53 bits per heavy atom. The fourth-order valence-corrected chi connectivity index (χ4v) is 9.38. The average Bonchev–Trinajstić information content (AvgIpc) is 3.93. The average molecular weight is 729 g/mol. The summed E-state index contributed by atoms with van der Waals surface area (Å²) in [5.74, 6) is 1.21. The van der Waals surface area contributed by atoms with Gasteiger partial charge in [0.25, 0.3) is 0 Å². The minimum absolute atomic E-state index is 0.242. The molecule has 0 spiro atoms. The van der Waals surface area contributed by atoms with Gasteiger partial charge in [-0.05, 0) is 113 Å². The van der Waals surface area contributed by atoms with Gasteiger partial charge in [0.15, 0.2) is 0 Å².